The molecule has 4 rings (SSSR count). The van der Waals surface area contributed by atoms with Gasteiger partial charge in [0, 0.05) is 25.9 Å². The van der Waals surface area contributed by atoms with Gasteiger partial charge < -0.3 is 25.4 Å². The molecule has 2 aromatic rings. The van der Waals surface area contributed by atoms with Gasteiger partial charge >= 0.3 is 6.18 Å². The van der Waals surface area contributed by atoms with Gasteiger partial charge in [-0.2, -0.15) is 18.2 Å². The Kier molecular flexibility index (Phi) is 5.53. The van der Waals surface area contributed by atoms with Crippen LogP contribution >= 0.6 is 0 Å². The Morgan fingerprint density at radius 2 is 1.94 bits per heavy atom. The highest BCUT2D eigenvalue weighted by Gasteiger charge is 2.38. The Hall–Kier alpha value is -3.22. The van der Waals surface area contributed by atoms with Crippen LogP contribution in [0, 0.1) is 6.92 Å². The number of carbonyl (C=O) groups excluding carboxylic acids is 1. The molecule has 2 aromatic heterocycles. The largest absolute Gasteiger partial charge is 0.487 e. The Balaban J connectivity index is 1.37. The molecule has 1 fully saturated rings. The number of hydrogen-bond acceptors (Lipinski definition) is 9. The number of rotatable bonds is 5. The molecule has 1 saturated carbocycles. The van der Waals surface area contributed by atoms with Gasteiger partial charge in [0.25, 0.3) is 0 Å². The van der Waals surface area contributed by atoms with Crippen molar-refractivity contribution in [2.24, 2.45) is 0 Å². The van der Waals surface area contributed by atoms with E-state index in [9.17, 15) is 23.1 Å². The van der Waals surface area contributed by atoms with Crippen LogP contribution in [-0.4, -0.2) is 62.3 Å². The molecule has 3 heterocycles. The van der Waals surface area contributed by atoms with E-state index in [4.69, 9.17) is 4.74 Å². The number of hydrogen-bond donors (Lipinski definition) is 3. The fourth-order valence-corrected chi connectivity index (χ4v) is 3.75. The molecule has 32 heavy (non-hydrogen) atoms. The smallest absolute Gasteiger partial charge is 0.451 e. The Labute approximate surface area is 181 Å². The first-order chi connectivity index (χ1) is 15.0. The number of amides is 1. The van der Waals surface area contributed by atoms with Crippen LogP contribution < -0.4 is 20.3 Å². The third-order valence-corrected chi connectivity index (χ3v) is 5.41. The van der Waals surface area contributed by atoms with E-state index in [1.54, 1.807) is 18.9 Å². The van der Waals surface area contributed by atoms with Crippen LogP contribution in [0.15, 0.2) is 12.4 Å². The summed E-state index contributed by atoms with van der Waals surface area (Å²) in [6.07, 6.45) is -2.49. The third-order valence-electron chi connectivity index (χ3n) is 5.41. The molecule has 172 valence electrons. The molecule has 10 nitrogen and oxygen atoms in total. The predicted octanol–water partition coefficient (Wildman–Crippen LogP) is 1.75. The molecule has 0 spiro atoms. The second-order valence-electron chi connectivity index (χ2n) is 7.91. The first kappa shape index (κ1) is 22.0. The number of aliphatic hydroxyl groups is 1. The van der Waals surface area contributed by atoms with Gasteiger partial charge in [-0.25, -0.2) is 15.0 Å². The van der Waals surface area contributed by atoms with E-state index in [0.717, 1.165) is 12.4 Å². The number of aryl methyl sites for hydroxylation is 1. The molecule has 2 atom stereocenters. The van der Waals surface area contributed by atoms with Crippen LogP contribution in [0.4, 0.5) is 30.6 Å². The van der Waals surface area contributed by atoms with Gasteiger partial charge in [0.2, 0.25) is 17.7 Å². The van der Waals surface area contributed by atoms with Crippen molar-refractivity contribution in [1.29, 1.82) is 0 Å². The second-order valence-corrected chi connectivity index (χ2v) is 7.91. The summed E-state index contributed by atoms with van der Waals surface area (Å²) in [5.74, 6) is -0.496. The van der Waals surface area contributed by atoms with Gasteiger partial charge in [-0.1, -0.05) is 0 Å². The maximum atomic E-state index is 12.5. The minimum atomic E-state index is -4.59. The molecule has 1 amide bonds. The molecule has 1 aliphatic carbocycles. The van der Waals surface area contributed by atoms with Crippen molar-refractivity contribution in [3.63, 3.8) is 0 Å². The predicted molar refractivity (Wildman–Crippen MR) is 107 cm³/mol. The number of alkyl halides is 3. The summed E-state index contributed by atoms with van der Waals surface area (Å²) in [7, 11) is 1.69. The average molecular weight is 453 g/mol. The number of carbonyl (C=O) groups is 1. The van der Waals surface area contributed by atoms with Crippen molar-refractivity contribution < 1.29 is 27.8 Å². The SMILES string of the molecule is Cc1nc(NC2CC(Oc3cnc(C(F)(F)F)nc3)C2)nc2c1NC(=O)[C@H]([C@@H](C)O)N2C. The van der Waals surface area contributed by atoms with Gasteiger partial charge in [-0.3, -0.25) is 4.79 Å². The van der Waals surface area contributed by atoms with E-state index in [0.29, 0.717) is 36.0 Å². The zero-order valence-electron chi connectivity index (χ0n) is 17.5. The summed E-state index contributed by atoms with van der Waals surface area (Å²) < 4.78 is 43.2. The van der Waals surface area contributed by atoms with Crippen molar-refractivity contribution in [2.45, 2.75) is 57.2 Å². The zero-order valence-corrected chi connectivity index (χ0v) is 17.5. The molecule has 13 heteroatoms. The number of nitrogens with zero attached hydrogens (tertiary/aromatic N) is 5. The number of likely N-dealkylation sites (N-methyl/N-ethyl adjacent to an activating group) is 1. The van der Waals surface area contributed by atoms with Gasteiger partial charge in [-0.15, -0.1) is 0 Å². The Morgan fingerprint density at radius 3 is 2.53 bits per heavy atom. The van der Waals surface area contributed by atoms with E-state index in [2.05, 4.69) is 30.6 Å². The maximum absolute atomic E-state index is 12.5. The molecule has 0 bridgehead atoms. The van der Waals surface area contributed by atoms with Crippen molar-refractivity contribution in [1.82, 2.24) is 19.9 Å². The first-order valence-electron chi connectivity index (χ1n) is 9.95. The molecular weight excluding hydrogens is 431 g/mol. The first-order valence-corrected chi connectivity index (χ1v) is 9.95. The molecule has 0 aromatic carbocycles. The van der Waals surface area contributed by atoms with Crippen LogP contribution in [0.2, 0.25) is 0 Å². The quantitative estimate of drug-likeness (QED) is 0.621. The lowest BCUT2D eigenvalue weighted by Crippen LogP contribution is -2.52. The summed E-state index contributed by atoms with van der Waals surface area (Å²) in [6.45, 7) is 3.29. The zero-order chi connectivity index (χ0) is 23.2. The Bertz CT molecular complexity index is 1010. The standard InChI is InChI=1S/C19H22F3N7O3/c1-8-13-15(29(3)14(9(2)30)16(31)27-13)28-18(25-8)26-10-4-11(5-10)32-12-6-23-17(24-7-12)19(20,21)22/h6-7,9-11,14,30H,4-5H2,1-3H3,(H,27,31)(H,25,26,28)/t9-,10?,11?,14+/m1/s1. The van der Waals surface area contributed by atoms with Gasteiger partial charge in [0.1, 0.15) is 17.8 Å². The highest BCUT2D eigenvalue weighted by Crippen LogP contribution is 2.34. The number of anilines is 3. The highest BCUT2D eigenvalue weighted by atomic mass is 19.4. The number of nitrogens with one attached hydrogen (secondary N) is 2. The lowest BCUT2D eigenvalue weighted by atomic mass is 9.89. The number of fused-ring (bicyclic) bond motifs is 1. The van der Waals surface area contributed by atoms with E-state index in [1.807, 2.05) is 0 Å². The van der Waals surface area contributed by atoms with Crippen LogP contribution in [0.25, 0.3) is 0 Å². The summed E-state index contributed by atoms with van der Waals surface area (Å²) in [5.41, 5.74) is 1.08. The summed E-state index contributed by atoms with van der Waals surface area (Å²) in [4.78, 5) is 29.3. The molecule has 0 unspecified atom stereocenters. The second kappa shape index (κ2) is 8.04. The fraction of sp³-hybridized carbons (Fsp3) is 0.526. The van der Waals surface area contributed by atoms with E-state index in [-0.39, 0.29) is 23.8 Å². The van der Waals surface area contributed by atoms with Crippen LogP contribution in [0.5, 0.6) is 5.75 Å². The van der Waals surface area contributed by atoms with E-state index < -0.39 is 24.1 Å². The maximum Gasteiger partial charge on any atom is 0.451 e. The summed E-state index contributed by atoms with van der Waals surface area (Å²) in [6, 6.07) is -0.763. The average Bonchev–Trinajstić information content (AvgIpc) is 2.67. The van der Waals surface area contributed by atoms with Crippen molar-refractivity contribution in [2.75, 3.05) is 22.6 Å². The van der Waals surface area contributed by atoms with Crippen molar-refractivity contribution in [3.8, 4) is 5.75 Å². The topological polar surface area (TPSA) is 125 Å². The molecule has 2 aliphatic rings. The third kappa shape index (κ3) is 4.24. The van der Waals surface area contributed by atoms with Crippen LogP contribution in [0.3, 0.4) is 0 Å². The minimum Gasteiger partial charge on any atom is -0.487 e. The number of aliphatic hydroxyl groups excluding tert-OH is 1. The monoisotopic (exact) mass is 453 g/mol. The highest BCUT2D eigenvalue weighted by molar-refractivity contribution is 6.03. The molecule has 0 saturated heterocycles. The van der Waals surface area contributed by atoms with Crippen molar-refractivity contribution in [3.05, 3.63) is 23.9 Å². The molecule has 1 aliphatic heterocycles. The molecular formula is C19H22F3N7O3. The van der Waals surface area contributed by atoms with Crippen LogP contribution in [-0.2, 0) is 11.0 Å². The summed E-state index contributed by atoms with van der Waals surface area (Å²) >= 11 is 0. The number of ether oxygens (including phenoxy) is 1. The lowest BCUT2D eigenvalue weighted by molar-refractivity contribution is -0.145. The minimum absolute atomic E-state index is 0.00358. The van der Waals surface area contributed by atoms with Crippen molar-refractivity contribution >= 4 is 23.4 Å². The lowest BCUT2D eigenvalue weighted by Gasteiger charge is -2.37. The number of aromatic nitrogens is 4. The molecule has 0 radical (unpaired) electrons. The van der Waals surface area contributed by atoms with Gasteiger partial charge in [0.05, 0.1) is 24.2 Å². The normalized spacial score (nSPS) is 23.7. The fourth-order valence-electron chi connectivity index (χ4n) is 3.75. The van der Waals surface area contributed by atoms with E-state index in [1.165, 1.54) is 6.92 Å². The van der Waals surface area contributed by atoms with Crippen LogP contribution in [0.1, 0.15) is 31.3 Å². The molecule has 3 N–H and O–H groups in total. The Morgan fingerprint density at radius 1 is 1.28 bits per heavy atom. The summed E-state index contributed by atoms with van der Waals surface area (Å²) in [5, 5.41) is 15.9. The van der Waals surface area contributed by atoms with E-state index >= 15 is 0 Å². The van der Waals surface area contributed by atoms with Gasteiger partial charge in [-0.05, 0) is 13.8 Å². The number of halogens is 3. The van der Waals surface area contributed by atoms with Gasteiger partial charge in [0.15, 0.2) is 11.6 Å².